The first-order valence-electron chi connectivity index (χ1n) is 6.23. The molecule has 2 fully saturated rings. The lowest BCUT2D eigenvalue weighted by Crippen LogP contribution is -2.39. The predicted molar refractivity (Wildman–Crippen MR) is 60.8 cm³/mol. The largest absolute Gasteiger partial charge is 0.359 e. The average Bonchev–Trinajstić information content (AvgIpc) is 2.71. The number of nitrogens with zero attached hydrogens (tertiary/aromatic N) is 1. The van der Waals surface area contributed by atoms with E-state index in [4.69, 9.17) is 0 Å². The number of carbonyl (C=O) groups is 2. The molecule has 1 saturated heterocycles. The van der Waals surface area contributed by atoms with Gasteiger partial charge in [-0.2, -0.15) is 0 Å². The molecule has 1 aliphatic carbocycles. The van der Waals surface area contributed by atoms with E-state index < -0.39 is 0 Å². The van der Waals surface area contributed by atoms with Crippen molar-refractivity contribution in [3.05, 3.63) is 0 Å². The molecule has 0 unspecified atom stereocenters. The number of hydrogen-bond acceptors (Lipinski definition) is 2. The summed E-state index contributed by atoms with van der Waals surface area (Å²) < 4.78 is 0. The van der Waals surface area contributed by atoms with Crippen LogP contribution in [0.5, 0.6) is 0 Å². The van der Waals surface area contributed by atoms with Crippen LogP contribution in [0.1, 0.15) is 38.5 Å². The second-order valence-corrected chi connectivity index (χ2v) is 4.85. The van der Waals surface area contributed by atoms with Crippen molar-refractivity contribution in [1.29, 1.82) is 0 Å². The second kappa shape index (κ2) is 4.85. The van der Waals surface area contributed by atoms with Gasteiger partial charge in [0, 0.05) is 26.1 Å². The van der Waals surface area contributed by atoms with Gasteiger partial charge in [0.15, 0.2) is 0 Å². The van der Waals surface area contributed by atoms with Crippen LogP contribution in [0.15, 0.2) is 0 Å². The van der Waals surface area contributed by atoms with E-state index in [2.05, 4.69) is 5.32 Å². The van der Waals surface area contributed by atoms with Crippen molar-refractivity contribution in [3.8, 4) is 0 Å². The molecule has 1 atom stereocenters. The van der Waals surface area contributed by atoms with Crippen molar-refractivity contribution in [3.63, 3.8) is 0 Å². The highest BCUT2D eigenvalue weighted by Crippen LogP contribution is 2.28. The molecule has 0 spiro atoms. The minimum absolute atomic E-state index is 0.00617. The van der Waals surface area contributed by atoms with E-state index in [0.717, 1.165) is 12.8 Å². The molecular weight excluding hydrogens is 204 g/mol. The lowest BCUT2D eigenvalue weighted by atomic mass is 9.94. The van der Waals surface area contributed by atoms with E-state index in [9.17, 15) is 9.59 Å². The number of carbonyl (C=O) groups excluding carboxylic acids is 2. The third kappa shape index (κ3) is 2.20. The van der Waals surface area contributed by atoms with Crippen LogP contribution in [0.25, 0.3) is 0 Å². The van der Waals surface area contributed by atoms with E-state index in [-0.39, 0.29) is 17.7 Å². The van der Waals surface area contributed by atoms with Gasteiger partial charge in [-0.1, -0.05) is 19.3 Å². The minimum atomic E-state index is -0.126. The Bertz CT molecular complexity index is 285. The van der Waals surface area contributed by atoms with Crippen molar-refractivity contribution in [1.82, 2.24) is 10.2 Å². The number of nitrogens with one attached hydrogen (secondary N) is 1. The maximum atomic E-state index is 11.9. The van der Waals surface area contributed by atoms with Gasteiger partial charge in [0.25, 0.3) is 0 Å². The van der Waals surface area contributed by atoms with Crippen LogP contribution in [0.2, 0.25) is 0 Å². The SMILES string of the molecule is CNC(=O)[C@@H]1CC(=O)N(C2CCCCC2)C1. The highest BCUT2D eigenvalue weighted by molar-refractivity contribution is 5.89. The number of rotatable bonds is 2. The van der Waals surface area contributed by atoms with E-state index in [1.54, 1.807) is 7.05 Å². The Balaban J connectivity index is 1.96. The Morgan fingerprint density at radius 1 is 1.31 bits per heavy atom. The Labute approximate surface area is 96.4 Å². The first-order chi connectivity index (χ1) is 7.72. The van der Waals surface area contributed by atoms with Gasteiger partial charge in [0.05, 0.1) is 5.92 Å². The molecule has 4 heteroatoms. The average molecular weight is 224 g/mol. The van der Waals surface area contributed by atoms with Crippen LogP contribution in [0.4, 0.5) is 0 Å². The van der Waals surface area contributed by atoms with Gasteiger partial charge >= 0.3 is 0 Å². The standard InChI is InChI=1S/C12H20N2O2/c1-13-12(16)9-7-11(15)14(8-9)10-5-3-2-4-6-10/h9-10H,2-8H2,1H3,(H,13,16)/t9-/m1/s1. The topological polar surface area (TPSA) is 49.4 Å². The van der Waals surface area contributed by atoms with E-state index in [1.165, 1.54) is 19.3 Å². The summed E-state index contributed by atoms with van der Waals surface area (Å²) in [5.41, 5.74) is 0. The lowest BCUT2D eigenvalue weighted by molar-refractivity contribution is -0.130. The fraction of sp³-hybridized carbons (Fsp3) is 0.833. The van der Waals surface area contributed by atoms with Gasteiger partial charge in [0.2, 0.25) is 11.8 Å². The second-order valence-electron chi connectivity index (χ2n) is 4.85. The van der Waals surface area contributed by atoms with Gasteiger partial charge < -0.3 is 10.2 Å². The molecule has 1 saturated carbocycles. The lowest BCUT2D eigenvalue weighted by Gasteiger charge is -2.31. The maximum Gasteiger partial charge on any atom is 0.225 e. The van der Waals surface area contributed by atoms with Gasteiger partial charge in [-0.3, -0.25) is 9.59 Å². The molecule has 2 aliphatic rings. The summed E-state index contributed by atoms with van der Waals surface area (Å²) in [6.45, 7) is 0.628. The van der Waals surface area contributed by atoms with Crippen molar-refractivity contribution in [2.24, 2.45) is 5.92 Å². The van der Waals surface area contributed by atoms with Crippen molar-refractivity contribution in [2.75, 3.05) is 13.6 Å². The van der Waals surface area contributed by atoms with Crippen LogP contribution in [-0.4, -0.2) is 36.3 Å². The van der Waals surface area contributed by atoms with Crippen LogP contribution in [0, 0.1) is 5.92 Å². The molecule has 2 rings (SSSR count). The molecule has 4 nitrogen and oxygen atoms in total. The van der Waals surface area contributed by atoms with E-state index in [1.807, 2.05) is 4.90 Å². The van der Waals surface area contributed by atoms with Crippen LogP contribution in [-0.2, 0) is 9.59 Å². The minimum Gasteiger partial charge on any atom is -0.359 e. The van der Waals surface area contributed by atoms with Crippen molar-refractivity contribution in [2.45, 2.75) is 44.6 Å². The highest BCUT2D eigenvalue weighted by atomic mass is 16.2. The molecule has 1 heterocycles. The molecule has 0 aromatic rings. The normalized spacial score (nSPS) is 27.2. The first-order valence-corrected chi connectivity index (χ1v) is 6.23. The third-order valence-corrected chi connectivity index (χ3v) is 3.79. The highest BCUT2D eigenvalue weighted by Gasteiger charge is 2.37. The summed E-state index contributed by atoms with van der Waals surface area (Å²) in [5.74, 6) is 0.0478. The molecule has 0 aromatic carbocycles. The fourth-order valence-electron chi connectivity index (χ4n) is 2.86. The number of likely N-dealkylation sites (tertiary alicyclic amines) is 1. The monoisotopic (exact) mass is 224 g/mol. The molecule has 1 N–H and O–H groups in total. The predicted octanol–water partition coefficient (Wildman–Crippen LogP) is 0.914. The zero-order chi connectivity index (χ0) is 11.5. The van der Waals surface area contributed by atoms with Crippen molar-refractivity contribution < 1.29 is 9.59 Å². The van der Waals surface area contributed by atoms with Crippen LogP contribution in [0.3, 0.4) is 0 Å². The molecule has 0 aromatic heterocycles. The Morgan fingerprint density at radius 3 is 2.62 bits per heavy atom. The molecule has 2 amide bonds. The van der Waals surface area contributed by atoms with Crippen LogP contribution >= 0.6 is 0 Å². The smallest absolute Gasteiger partial charge is 0.225 e. The van der Waals surface area contributed by atoms with E-state index in [0.29, 0.717) is 19.0 Å². The van der Waals surface area contributed by atoms with Gasteiger partial charge in [0.1, 0.15) is 0 Å². The summed E-state index contributed by atoms with van der Waals surface area (Å²) in [5, 5.41) is 2.63. The molecule has 1 aliphatic heterocycles. The Kier molecular flexibility index (Phi) is 3.46. The fourth-order valence-corrected chi connectivity index (χ4v) is 2.86. The zero-order valence-corrected chi connectivity index (χ0v) is 9.87. The van der Waals surface area contributed by atoms with Gasteiger partial charge in [-0.25, -0.2) is 0 Å². The van der Waals surface area contributed by atoms with Crippen LogP contribution < -0.4 is 5.32 Å². The Hall–Kier alpha value is -1.06. The molecular formula is C12H20N2O2. The summed E-state index contributed by atoms with van der Waals surface area (Å²) in [6.07, 6.45) is 6.37. The summed E-state index contributed by atoms with van der Waals surface area (Å²) >= 11 is 0. The molecule has 16 heavy (non-hydrogen) atoms. The number of hydrogen-bond donors (Lipinski definition) is 1. The summed E-state index contributed by atoms with van der Waals surface area (Å²) in [7, 11) is 1.63. The number of amides is 2. The van der Waals surface area contributed by atoms with E-state index >= 15 is 0 Å². The molecule has 90 valence electrons. The molecule has 0 bridgehead atoms. The van der Waals surface area contributed by atoms with Crippen molar-refractivity contribution >= 4 is 11.8 Å². The van der Waals surface area contributed by atoms with Gasteiger partial charge in [-0.05, 0) is 12.8 Å². The quantitative estimate of drug-likeness (QED) is 0.758. The first kappa shape index (κ1) is 11.4. The third-order valence-electron chi connectivity index (χ3n) is 3.79. The maximum absolute atomic E-state index is 11.9. The Morgan fingerprint density at radius 2 is 2.00 bits per heavy atom. The van der Waals surface area contributed by atoms with Gasteiger partial charge in [-0.15, -0.1) is 0 Å². The summed E-state index contributed by atoms with van der Waals surface area (Å²) in [4.78, 5) is 25.3. The molecule has 0 radical (unpaired) electrons. The summed E-state index contributed by atoms with van der Waals surface area (Å²) in [6, 6.07) is 0.399. The zero-order valence-electron chi connectivity index (χ0n) is 9.87.